The number of amides is 2. The van der Waals surface area contributed by atoms with Crippen LogP contribution in [0.3, 0.4) is 0 Å². The van der Waals surface area contributed by atoms with Crippen molar-refractivity contribution in [3.63, 3.8) is 0 Å². The summed E-state index contributed by atoms with van der Waals surface area (Å²) in [6.07, 6.45) is 3.24. The molecule has 1 fully saturated rings. The fourth-order valence-electron chi connectivity index (χ4n) is 4.00. The molecule has 0 saturated carbocycles. The van der Waals surface area contributed by atoms with E-state index in [1.54, 1.807) is 35.4 Å². The van der Waals surface area contributed by atoms with E-state index in [1.165, 1.54) is 4.90 Å². The third-order valence-corrected chi connectivity index (χ3v) is 6.10. The van der Waals surface area contributed by atoms with Crippen LogP contribution in [0.25, 0.3) is 0 Å². The van der Waals surface area contributed by atoms with E-state index in [1.807, 2.05) is 36.4 Å². The lowest BCUT2D eigenvalue weighted by molar-refractivity contribution is -0.133. The smallest absolute Gasteiger partial charge is 0.254 e. The molecule has 1 atom stereocenters. The van der Waals surface area contributed by atoms with Gasteiger partial charge >= 0.3 is 0 Å². The quantitative estimate of drug-likeness (QED) is 0.392. The SMILES string of the molecule is O=C(CN(CC1CCCO1)C(=O)c1cc(Cl)cc(Cl)c1)N(Cc1ccccc1)Cc1ccco1. The van der Waals surface area contributed by atoms with Gasteiger partial charge in [-0.1, -0.05) is 53.5 Å². The van der Waals surface area contributed by atoms with Crippen molar-refractivity contribution in [1.82, 2.24) is 9.80 Å². The second-order valence-electron chi connectivity index (χ2n) is 8.29. The molecule has 3 aromatic rings. The van der Waals surface area contributed by atoms with Crippen LogP contribution in [0.1, 0.15) is 34.5 Å². The van der Waals surface area contributed by atoms with Crippen LogP contribution in [0.4, 0.5) is 0 Å². The number of hydrogen-bond donors (Lipinski definition) is 0. The second kappa shape index (κ2) is 11.6. The standard InChI is InChI=1S/C26H26Cl2N2O4/c27-21-12-20(13-22(28)14-21)26(32)30(17-24-9-5-11-34-24)18-25(31)29(16-23-8-4-10-33-23)15-19-6-2-1-3-7-19/h1-4,6-8,10,12-14,24H,5,9,11,15-18H2. The number of benzene rings is 2. The second-order valence-corrected chi connectivity index (χ2v) is 9.17. The van der Waals surface area contributed by atoms with Crippen LogP contribution >= 0.6 is 23.2 Å². The van der Waals surface area contributed by atoms with Gasteiger partial charge in [0.1, 0.15) is 12.3 Å². The average molecular weight is 501 g/mol. The van der Waals surface area contributed by atoms with E-state index in [-0.39, 0.29) is 24.5 Å². The lowest BCUT2D eigenvalue weighted by Gasteiger charge is -2.29. The van der Waals surface area contributed by atoms with Crippen molar-refractivity contribution in [2.24, 2.45) is 0 Å². The first kappa shape index (κ1) is 24.3. The number of furan rings is 1. The molecule has 0 spiro atoms. The maximum atomic E-state index is 13.5. The Balaban J connectivity index is 1.56. The Kier molecular flexibility index (Phi) is 8.27. The van der Waals surface area contributed by atoms with Crippen LogP contribution in [0.15, 0.2) is 71.3 Å². The summed E-state index contributed by atoms with van der Waals surface area (Å²) < 4.78 is 11.2. The molecule has 178 valence electrons. The van der Waals surface area contributed by atoms with E-state index >= 15 is 0 Å². The molecule has 1 aliphatic heterocycles. The first-order chi connectivity index (χ1) is 16.5. The fraction of sp³-hybridized carbons (Fsp3) is 0.308. The molecular formula is C26H26Cl2N2O4. The third-order valence-electron chi connectivity index (χ3n) is 5.67. The summed E-state index contributed by atoms with van der Waals surface area (Å²) in [6.45, 7) is 1.56. The van der Waals surface area contributed by atoms with Crippen LogP contribution in [0.5, 0.6) is 0 Å². The first-order valence-corrected chi connectivity index (χ1v) is 11.9. The average Bonchev–Trinajstić information content (AvgIpc) is 3.52. The van der Waals surface area contributed by atoms with Crippen LogP contribution in [-0.4, -0.2) is 47.4 Å². The van der Waals surface area contributed by atoms with Crippen molar-refractivity contribution in [3.8, 4) is 0 Å². The summed E-state index contributed by atoms with van der Waals surface area (Å²) in [6, 6.07) is 18.0. The summed E-state index contributed by atoms with van der Waals surface area (Å²) in [7, 11) is 0. The maximum Gasteiger partial charge on any atom is 0.254 e. The monoisotopic (exact) mass is 500 g/mol. The Morgan fingerprint density at radius 3 is 2.35 bits per heavy atom. The summed E-state index contributed by atoms with van der Waals surface area (Å²) in [4.78, 5) is 30.2. The molecule has 2 aromatic carbocycles. The van der Waals surface area contributed by atoms with Crippen molar-refractivity contribution in [2.45, 2.75) is 32.0 Å². The Morgan fingerprint density at radius 1 is 0.941 bits per heavy atom. The normalized spacial score (nSPS) is 15.3. The number of halogens is 2. The molecule has 1 aliphatic rings. The summed E-state index contributed by atoms with van der Waals surface area (Å²) in [5.74, 6) is 0.161. The number of carbonyl (C=O) groups is 2. The van der Waals surface area contributed by atoms with Crippen molar-refractivity contribution in [3.05, 3.63) is 93.9 Å². The Morgan fingerprint density at radius 2 is 1.71 bits per heavy atom. The molecule has 2 heterocycles. The molecule has 0 radical (unpaired) electrons. The minimum Gasteiger partial charge on any atom is -0.467 e. The molecule has 6 nitrogen and oxygen atoms in total. The summed E-state index contributed by atoms with van der Waals surface area (Å²) >= 11 is 12.3. The number of rotatable bonds is 9. The van der Waals surface area contributed by atoms with Gasteiger partial charge in [0.2, 0.25) is 5.91 Å². The number of nitrogens with zero attached hydrogens (tertiary/aromatic N) is 2. The van der Waals surface area contributed by atoms with Gasteiger partial charge in [0.25, 0.3) is 5.91 Å². The Labute approximate surface area is 209 Å². The summed E-state index contributed by atoms with van der Waals surface area (Å²) in [5.41, 5.74) is 1.32. The van der Waals surface area contributed by atoms with Crippen molar-refractivity contribution < 1.29 is 18.7 Å². The van der Waals surface area contributed by atoms with Crippen LogP contribution in [0, 0.1) is 0 Å². The Bertz CT molecular complexity index is 1080. The highest BCUT2D eigenvalue weighted by molar-refractivity contribution is 6.35. The minimum atomic E-state index is -0.314. The fourth-order valence-corrected chi connectivity index (χ4v) is 4.53. The molecule has 2 amide bonds. The molecular weight excluding hydrogens is 475 g/mol. The largest absolute Gasteiger partial charge is 0.467 e. The number of ether oxygens (including phenoxy) is 1. The Hall–Kier alpha value is -2.80. The molecule has 8 heteroatoms. The highest BCUT2D eigenvalue weighted by atomic mass is 35.5. The molecule has 1 aromatic heterocycles. The minimum absolute atomic E-state index is 0.101. The molecule has 0 bridgehead atoms. The van der Waals surface area contributed by atoms with Gasteiger partial charge in [0.15, 0.2) is 0 Å². The topological polar surface area (TPSA) is 63.0 Å². The molecule has 4 rings (SSSR count). The predicted octanol–water partition coefficient (Wildman–Crippen LogP) is 5.44. The van der Waals surface area contributed by atoms with Gasteiger partial charge < -0.3 is 19.0 Å². The molecule has 34 heavy (non-hydrogen) atoms. The predicted molar refractivity (Wildman–Crippen MR) is 131 cm³/mol. The van der Waals surface area contributed by atoms with Crippen molar-refractivity contribution in [1.29, 1.82) is 0 Å². The van der Waals surface area contributed by atoms with E-state index in [2.05, 4.69) is 0 Å². The van der Waals surface area contributed by atoms with Crippen molar-refractivity contribution in [2.75, 3.05) is 19.7 Å². The first-order valence-electron chi connectivity index (χ1n) is 11.2. The van der Waals surface area contributed by atoms with E-state index in [0.717, 1.165) is 18.4 Å². The number of carbonyl (C=O) groups excluding carboxylic acids is 2. The lowest BCUT2D eigenvalue weighted by atomic mass is 10.1. The van der Waals surface area contributed by atoms with Gasteiger partial charge in [-0.2, -0.15) is 0 Å². The van der Waals surface area contributed by atoms with Gasteiger partial charge in [-0.25, -0.2) is 0 Å². The van der Waals surface area contributed by atoms with Crippen molar-refractivity contribution >= 4 is 35.0 Å². The van der Waals surface area contributed by atoms with Crippen LogP contribution in [0.2, 0.25) is 10.0 Å². The zero-order chi connectivity index (χ0) is 23.9. The maximum absolute atomic E-state index is 13.5. The zero-order valence-electron chi connectivity index (χ0n) is 18.7. The third kappa shape index (κ3) is 6.63. The molecule has 1 unspecified atom stereocenters. The molecule has 0 aliphatic carbocycles. The van der Waals surface area contributed by atoms with E-state index < -0.39 is 0 Å². The number of hydrogen-bond acceptors (Lipinski definition) is 4. The van der Waals surface area contributed by atoms with E-state index in [9.17, 15) is 9.59 Å². The van der Waals surface area contributed by atoms with Gasteiger partial charge in [0, 0.05) is 35.3 Å². The zero-order valence-corrected chi connectivity index (χ0v) is 20.2. The molecule has 1 saturated heterocycles. The van der Waals surface area contributed by atoms with Crippen LogP contribution in [-0.2, 0) is 22.6 Å². The van der Waals surface area contributed by atoms with E-state index in [4.69, 9.17) is 32.4 Å². The molecule has 0 N–H and O–H groups in total. The highest BCUT2D eigenvalue weighted by Crippen LogP contribution is 2.22. The summed E-state index contributed by atoms with van der Waals surface area (Å²) in [5, 5.41) is 0.727. The van der Waals surface area contributed by atoms with Gasteiger partial charge in [0.05, 0.1) is 18.9 Å². The highest BCUT2D eigenvalue weighted by Gasteiger charge is 2.28. The van der Waals surface area contributed by atoms with E-state index in [0.29, 0.717) is 47.6 Å². The van der Waals surface area contributed by atoms with Gasteiger partial charge in [-0.15, -0.1) is 0 Å². The van der Waals surface area contributed by atoms with Gasteiger partial charge in [-0.05, 0) is 48.7 Å². The van der Waals surface area contributed by atoms with Gasteiger partial charge in [-0.3, -0.25) is 9.59 Å². The lowest BCUT2D eigenvalue weighted by Crippen LogP contribution is -2.45. The van der Waals surface area contributed by atoms with Crippen LogP contribution < -0.4 is 0 Å².